The summed E-state index contributed by atoms with van der Waals surface area (Å²) in [7, 11) is 1.45. The van der Waals surface area contributed by atoms with Gasteiger partial charge in [0, 0.05) is 42.5 Å². The highest BCUT2D eigenvalue weighted by Crippen LogP contribution is 2.21. The Morgan fingerprint density at radius 2 is 2.07 bits per heavy atom. The number of carbonyl (C=O) groups excluding carboxylic acids is 1. The van der Waals surface area contributed by atoms with Crippen LogP contribution in [-0.4, -0.2) is 59.0 Å². The van der Waals surface area contributed by atoms with E-state index >= 15 is 0 Å². The van der Waals surface area contributed by atoms with E-state index < -0.39 is 18.4 Å². The topological polar surface area (TPSA) is 94.2 Å². The van der Waals surface area contributed by atoms with Gasteiger partial charge in [0.15, 0.2) is 0 Å². The van der Waals surface area contributed by atoms with Crippen molar-refractivity contribution in [2.75, 3.05) is 38.1 Å². The van der Waals surface area contributed by atoms with E-state index in [0.29, 0.717) is 42.8 Å². The molecule has 4 rings (SSSR count). The molecule has 1 saturated heterocycles. The molecule has 0 spiro atoms. The van der Waals surface area contributed by atoms with Gasteiger partial charge in [-0.3, -0.25) is 14.5 Å². The Bertz CT molecular complexity index is 1190. The fraction of sp³-hybridized carbons (Fsp3) is 0.300. The second-order valence-electron chi connectivity index (χ2n) is 6.65. The van der Waals surface area contributed by atoms with Crippen molar-refractivity contribution in [3.63, 3.8) is 0 Å². The van der Waals surface area contributed by atoms with Gasteiger partial charge in [0.2, 0.25) is 5.95 Å². The van der Waals surface area contributed by atoms with E-state index in [9.17, 15) is 14.0 Å². The van der Waals surface area contributed by atoms with E-state index in [0.717, 1.165) is 0 Å². The quantitative estimate of drug-likeness (QED) is 0.640. The summed E-state index contributed by atoms with van der Waals surface area (Å²) in [6, 6.07) is 7.90. The summed E-state index contributed by atoms with van der Waals surface area (Å²) in [6.45, 7) is -0.295. The lowest BCUT2D eigenvalue weighted by molar-refractivity contribution is 0.0957. The van der Waals surface area contributed by atoms with Gasteiger partial charge in [0.25, 0.3) is 11.5 Å². The molecule has 0 atom stereocenters. The highest BCUT2D eigenvalue weighted by atomic mass is 19.1. The largest absolute Gasteiger partial charge is 0.365 e. The summed E-state index contributed by atoms with van der Waals surface area (Å²) in [5.74, 6) is -1.20. The number of rotatable bonds is 4. The first-order valence-corrected chi connectivity index (χ1v) is 9.18. The van der Waals surface area contributed by atoms with Crippen LogP contribution in [0.5, 0.6) is 0 Å². The average Bonchev–Trinajstić information content (AvgIpc) is 2.78. The third-order valence-electron chi connectivity index (χ3n) is 4.77. The monoisotopic (exact) mass is 398 g/mol. The molecule has 0 radical (unpaired) electrons. The highest BCUT2D eigenvalue weighted by Gasteiger charge is 2.21. The molecule has 1 amide bonds. The van der Waals surface area contributed by atoms with Gasteiger partial charge in [0.1, 0.15) is 5.69 Å². The Hall–Kier alpha value is -3.33. The van der Waals surface area contributed by atoms with Crippen LogP contribution in [0.1, 0.15) is 18.8 Å². The van der Waals surface area contributed by atoms with E-state index in [1.807, 2.05) is 0 Å². The van der Waals surface area contributed by atoms with Crippen LogP contribution in [0.25, 0.3) is 11.0 Å². The summed E-state index contributed by atoms with van der Waals surface area (Å²) >= 11 is 0. The molecular weight excluding hydrogens is 375 g/mol. The number of carbonyl (C=O) groups is 1. The van der Waals surface area contributed by atoms with Gasteiger partial charge in [-0.15, -0.1) is 0 Å². The van der Waals surface area contributed by atoms with E-state index in [2.05, 4.69) is 20.3 Å². The molecule has 2 N–H and O–H groups in total. The summed E-state index contributed by atoms with van der Waals surface area (Å²) in [4.78, 5) is 37.0. The van der Waals surface area contributed by atoms with Crippen LogP contribution in [0, 0.1) is 5.95 Å². The first-order chi connectivity index (χ1) is 14.8. The predicted molar refractivity (Wildman–Crippen MR) is 107 cm³/mol. The Kier molecular flexibility index (Phi) is 4.56. The number of aromatic amines is 1. The summed E-state index contributed by atoms with van der Waals surface area (Å²) in [6.07, 6.45) is 1.19. The summed E-state index contributed by atoms with van der Waals surface area (Å²) < 4.78 is 31.7. The van der Waals surface area contributed by atoms with E-state index in [1.54, 1.807) is 28.0 Å². The van der Waals surface area contributed by atoms with Gasteiger partial charge in [-0.1, -0.05) is 6.07 Å². The lowest BCUT2D eigenvalue weighted by atomic mass is 10.1. The molecule has 0 bridgehead atoms. The number of H-pyrrole nitrogens is 1. The molecule has 1 aliphatic heterocycles. The number of fused-ring (bicyclic) bond motifs is 1. The number of hydrogen-bond acceptors (Lipinski definition) is 6. The summed E-state index contributed by atoms with van der Waals surface area (Å²) in [5.41, 5.74) is 1.38. The maximum atomic E-state index is 14.5. The minimum absolute atomic E-state index is 0.00237. The zero-order chi connectivity index (χ0) is 22.2. The van der Waals surface area contributed by atoms with Crippen molar-refractivity contribution in [3.8, 4) is 0 Å². The van der Waals surface area contributed by atoms with E-state index in [1.165, 1.54) is 25.4 Å². The number of amides is 1. The first kappa shape index (κ1) is 16.6. The third-order valence-corrected chi connectivity index (χ3v) is 4.77. The number of anilines is 1. The maximum Gasteiger partial charge on any atom is 0.269 e. The van der Waals surface area contributed by atoms with Crippen LogP contribution in [0.15, 0.2) is 41.3 Å². The van der Waals surface area contributed by atoms with Crippen LogP contribution in [0.2, 0.25) is 0 Å². The van der Waals surface area contributed by atoms with Crippen LogP contribution in [0.4, 0.5) is 10.1 Å². The molecule has 1 fully saturated rings. The second kappa shape index (κ2) is 7.96. The number of nitrogens with zero attached hydrogens (tertiary/aromatic N) is 4. The SMILES string of the molecule is [2H]C([2H])(c1ccc2ncc(=O)[nH]c2c1)N1CCN(c2ccc(C(=O)NC)nc2F)CC1. The van der Waals surface area contributed by atoms with Crippen LogP contribution in [-0.2, 0) is 6.50 Å². The fourth-order valence-corrected chi connectivity index (χ4v) is 3.27. The lowest BCUT2D eigenvalue weighted by Crippen LogP contribution is -2.46. The van der Waals surface area contributed by atoms with Gasteiger partial charge >= 0.3 is 0 Å². The molecule has 29 heavy (non-hydrogen) atoms. The Morgan fingerprint density at radius 1 is 1.28 bits per heavy atom. The number of benzene rings is 1. The maximum absolute atomic E-state index is 14.5. The average molecular weight is 398 g/mol. The number of hydrogen-bond donors (Lipinski definition) is 2. The first-order valence-electron chi connectivity index (χ1n) is 10.2. The van der Waals surface area contributed by atoms with Gasteiger partial charge < -0.3 is 15.2 Å². The molecule has 0 aliphatic carbocycles. The van der Waals surface area contributed by atoms with Crippen molar-refractivity contribution >= 4 is 22.6 Å². The minimum atomic E-state index is -1.78. The zero-order valence-electron chi connectivity index (χ0n) is 17.8. The molecule has 9 heteroatoms. The molecule has 1 aliphatic rings. The van der Waals surface area contributed by atoms with E-state index in [4.69, 9.17) is 2.74 Å². The second-order valence-corrected chi connectivity index (χ2v) is 6.65. The molecule has 1 aromatic carbocycles. The molecule has 0 saturated carbocycles. The molecule has 8 nitrogen and oxygen atoms in total. The van der Waals surface area contributed by atoms with Gasteiger partial charge in [-0.05, 0) is 29.8 Å². The number of piperazine rings is 1. The van der Waals surface area contributed by atoms with Gasteiger partial charge in [-0.25, -0.2) is 9.97 Å². The van der Waals surface area contributed by atoms with Crippen molar-refractivity contribution in [1.29, 1.82) is 0 Å². The molecule has 0 unspecified atom stereocenters. The van der Waals surface area contributed by atoms with E-state index in [-0.39, 0.29) is 16.9 Å². The van der Waals surface area contributed by atoms with Crippen molar-refractivity contribution < 1.29 is 11.9 Å². The minimum Gasteiger partial charge on any atom is -0.365 e. The smallest absolute Gasteiger partial charge is 0.269 e. The normalized spacial score (nSPS) is 16.4. The predicted octanol–water partition coefficient (Wildman–Crippen LogP) is 1.14. The molecular formula is C20H21FN6O2. The standard InChI is InChI=1S/C20H21FN6O2/c1-22-20(29)15-4-5-17(19(21)25-15)27-8-6-26(7-9-27)12-13-2-3-14-16(10-13)24-18(28)11-23-14/h2-5,10-11H,6-9,12H2,1H3,(H,22,29)(H,24,28)/i12D2. The number of nitrogens with one attached hydrogen (secondary N) is 2. The zero-order valence-corrected chi connectivity index (χ0v) is 15.8. The molecule has 3 aromatic rings. The number of halogens is 1. The summed E-state index contributed by atoms with van der Waals surface area (Å²) in [5, 5.41) is 2.41. The number of pyridine rings is 1. The Morgan fingerprint density at radius 3 is 2.79 bits per heavy atom. The molecule has 2 aromatic heterocycles. The van der Waals surface area contributed by atoms with Crippen LogP contribution < -0.4 is 15.8 Å². The van der Waals surface area contributed by atoms with Gasteiger partial charge in [0.05, 0.1) is 22.9 Å². The fourth-order valence-electron chi connectivity index (χ4n) is 3.27. The molecule has 150 valence electrons. The highest BCUT2D eigenvalue weighted by molar-refractivity contribution is 5.92. The third kappa shape index (κ3) is 4.09. The van der Waals surface area contributed by atoms with Crippen molar-refractivity contribution in [3.05, 3.63) is 64.1 Å². The van der Waals surface area contributed by atoms with Crippen LogP contribution >= 0.6 is 0 Å². The lowest BCUT2D eigenvalue weighted by Gasteiger charge is -2.36. The van der Waals surface area contributed by atoms with Gasteiger partial charge in [-0.2, -0.15) is 4.39 Å². The van der Waals surface area contributed by atoms with Crippen LogP contribution in [0.3, 0.4) is 0 Å². The number of aromatic nitrogens is 3. The van der Waals surface area contributed by atoms with Crippen molar-refractivity contribution in [2.45, 2.75) is 6.50 Å². The Labute approximate surface area is 169 Å². The molecule has 3 heterocycles. The van der Waals surface area contributed by atoms with Crippen molar-refractivity contribution in [2.24, 2.45) is 0 Å². The Balaban J connectivity index is 1.50. The van der Waals surface area contributed by atoms with Crippen molar-refractivity contribution in [1.82, 2.24) is 25.2 Å².